The third kappa shape index (κ3) is 2.57. The molecule has 1 aliphatic carbocycles. The Kier molecular flexibility index (Phi) is 3.65. The summed E-state index contributed by atoms with van der Waals surface area (Å²) in [6.07, 6.45) is 6.09. The van der Waals surface area contributed by atoms with E-state index in [1.54, 1.807) is 0 Å². The summed E-state index contributed by atoms with van der Waals surface area (Å²) in [6, 6.07) is 0. The van der Waals surface area contributed by atoms with Crippen LogP contribution in [0.5, 0.6) is 0 Å². The van der Waals surface area contributed by atoms with E-state index in [0.29, 0.717) is 11.8 Å². The van der Waals surface area contributed by atoms with Gasteiger partial charge in [-0.15, -0.1) is 0 Å². The molecule has 3 heteroatoms. The maximum absolute atomic E-state index is 10.9. The predicted molar refractivity (Wildman–Crippen MR) is 74.0 cm³/mol. The first-order valence-corrected chi connectivity index (χ1v) is 7.97. The van der Waals surface area contributed by atoms with Gasteiger partial charge in [-0.05, 0) is 56.3 Å². The SMILES string of the molecule is CC(C)C1CC(O)(C2CCOC3(CCOCC3)C2)C1. The van der Waals surface area contributed by atoms with Crippen LogP contribution < -0.4 is 0 Å². The third-order valence-electron chi connectivity index (χ3n) is 5.83. The Morgan fingerprint density at radius 2 is 1.74 bits per heavy atom. The average Bonchev–Trinajstić information content (AvgIpc) is 2.35. The van der Waals surface area contributed by atoms with Crippen LogP contribution in [0, 0.1) is 17.8 Å². The van der Waals surface area contributed by atoms with E-state index >= 15 is 0 Å². The fourth-order valence-electron chi connectivity index (χ4n) is 4.23. The predicted octanol–water partition coefficient (Wildman–Crippen LogP) is 2.76. The fraction of sp³-hybridized carbons (Fsp3) is 1.00. The van der Waals surface area contributed by atoms with Crippen molar-refractivity contribution in [2.45, 2.75) is 63.6 Å². The Hall–Kier alpha value is -0.120. The van der Waals surface area contributed by atoms with Crippen LogP contribution in [-0.4, -0.2) is 36.1 Å². The highest BCUT2D eigenvalue weighted by Gasteiger charge is 2.52. The second-order valence-electron chi connectivity index (χ2n) is 7.35. The first-order valence-electron chi connectivity index (χ1n) is 7.97. The molecule has 0 radical (unpaired) electrons. The van der Waals surface area contributed by atoms with Crippen LogP contribution in [0.3, 0.4) is 0 Å². The van der Waals surface area contributed by atoms with Gasteiger partial charge in [-0.2, -0.15) is 0 Å². The first kappa shape index (κ1) is 13.8. The Morgan fingerprint density at radius 3 is 2.37 bits per heavy atom. The second kappa shape index (κ2) is 5.01. The van der Waals surface area contributed by atoms with Crippen LogP contribution in [0.4, 0.5) is 0 Å². The van der Waals surface area contributed by atoms with Gasteiger partial charge in [0.2, 0.25) is 0 Å². The molecule has 110 valence electrons. The van der Waals surface area contributed by atoms with Crippen molar-refractivity contribution in [1.82, 2.24) is 0 Å². The molecule has 1 N–H and O–H groups in total. The first-order chi connectivity index (χ1) is 9.03. The molecule has 2 aliphatic heterocycles. The summed E-state index contributed by atoms with van der Waals surface area (Å²) in [4.78, 5) is 0. The summed E-state index contributed by atoms with van der Waals surface area (Å²) in [5.41, 5.74) is -0.385. The highest BCUT2D eigenvalue weighted by atomic mass is 16.5. The van der Waals surface area contributed by atoms with Gasteiger partial charge in [0, 0.05) is 19.8 Å². The molecular formula is C16H28O3. The highest BCUT2D eigenvalue weighted by molar-refractivity contribution is 5.03. The van der Waals surface area contributed by atoms with E-state index in [4.69, 9.17) is 9.47 Å². The molecular weight excluding hydrogens is 240 g/mol. The summed E-state index contributed by atoms with van der Waals surface area (Å²) in [5, 5.41) is 10.9. The lowest BCUT2D eigenvalue weighted by molar-refractivity contribution is -0.203. The van der Waals surface area contributed by atoms with Gasteiger partial charge in [-0.25, -0.2) is 0 Å². The monoisotopic (exact) mass is 268 g/mol. The standard InChI is InChI=1S/C16H28O3/c1-12(2)13-9-16(17,10-13)14-3-6-19-15(11-14)4-7-18-8-5-15/h12-14,17H,3-11H2,1-2H3. The lowest BCUT2D eigenvalue weighted by atomic mass is 9.58. The molecule has 2 saturated heterocycles. The number of ether oxygens (including phenoxy) is 2. The van der Waals surface area contributed by atoms with Crippen LogP contribution in [-0.2, 0) is 9.47 Å². The molecule has 0 aromatic heterocycles. The molecule has 0 amide bonds. The van der Waals surface area contributed by atoms with Crippen LogP contribution >= 0.6 is 0 Å². The van der Waals surface area contributed by atoms with Gasteiger partial charge in [-0.3, -0.25) is 0 Å². The number of hydrogen-bond acceptors (Lipinski definition) is 3. The van der Waals surface area contributed by atoms with Crippen molar-refractivity contribution in [2.24, 2.45) is 17.8 Å². The molecule has 3 aliphatic rings. The van der Waals surface area contributed by atoms with Gasteiger partial charge < -0.3 is 14.6 Å². The second-order valence-corrected chi connectivity index (χ2v) is 7.35. The van der Waals surface area contributed by atoms with Gasteiger partial charge in [0.05, 0.1) is 11.2 Å². The maximum atomic E-state index is 10.9. The van der Waals surface area contributed by atoms with Gasteiger partial charge in [0.15, 0.2) is 0 Å². The maximum Gasteiger partial charge on any atom is 0.0730 e. The van der Waals surface area contributed by atoms with Crippen molar-refractivity contribution < 1.29 is 14.6 Å². The molecule has 1 unspecified atom stereocenters. The summed E-state index contributed by atoms with van der Waals surface area (Å²) in [7, 11) is 0. The average molecular weight is 268 g/mol. The normalized spacial score (nSPS) is 42.3. The van der Waals surface area contributed by atoms with Crippen LogP contribution in [0.25, 0.3) is 0 Å². The molecule has 0 aromatic carbocycles. The minimum atomic E-state index is -0.399. The van der Waals surface area contributed by atoms with Crippen LogP contribution in [0.2, 0.25) is 0 Å². The van der Waals surface area contributed by atoms with Crippen molar-refractivity contribution >= 4 is 0 Å². The molecule has 19 heavy (non-hydrogen) atoms. The van der Waals surface area contributed by atoms with E-state index < -0.39 is 5.60 Å². The van der Waals surface area contributed by atoms with E-state index in [1.165, 1.54) is 0 Å². The number of hydrogen-bond donors (Lipinski definition) is 1. The minimum Gasteiger partial charge on any atom is -0.390 e. The molecule has 2 heterocycles. The van der Waals surface area contributed by atoms with Gasteiger partial charge >= 0.3 is 0 Å². The van der Waals surface area contributed by atoms with Crippen molar-refractivity contribution in [3.05, 3.63) is 0 Å². The summed E-state index contributed by atoms with van der Waals surface area (Å²) in [5.74, 6) is 1.87. The fourth-order valence-corrected chi connectivity index (χ4v) is 4.23. The molecule has 3 nitrogen and oxygen atoms in total. The number of aliphatic hydroxyl groups is 1. The molecule has 0 aromatic rings. The van der Waals surface area contributed by atoms with Crippen LogP contribution in [0.15, 0.2) is 0 Å². The van der Waals surface area contributed by atoms with E-state index in [9.17, 15) is 5.11 Å². The van der Waals surface area contributed by atoms with E-state index in [0.717, 1.165) is 64.3 Å². The minimum absolute atomic E-state index is 0.0137. The summed E-state index contributed by atoms with van der Waals surface area (Å²) >= 11 is 0. The van der Waals surface area contributed by atoms with Crippen molar-refractivity contribution in [2.75, 3.05) is 19.8 Å². The zero-order valence-electron chi connectivity index (χ0n) is 12.4. The van der Waals surface area contributed by atoms with Crippen molar-refractivity contribution in [3.8, 4) is 0 Å². The Morgan fingerprint density at radius 1 is 1.05 bits per heavy atom. The molecule has 1 saturated carbocycles. The highest BCUT2D eigenvalue weighted by Crippen LogP contribution is 2.52. The smallest absolute Gasteiger partial charge is 0.0730 e. The summed E-state index contributed by atoms with van der Waals surface area (Å²) < 4.78 is 11.5. The molecule has 1 atom stereocenters. The van der Waals surface area contributed by atoms with E-state index in [1.807, 2.05) is 0 Å². The lowest BCUT2D eigenvalue weighted by Gasteiger charge is -2.54. The van der Waals surface area contributed by atoms with Crippen molar-refractivity contribution in [3.63, 3.8) is 0 Å². The van der Waals surface area contributed by atoms with Crippen molar-refractivity contribution in [1.29, 1.82) is 0 Å². The number of rotatable bonds is 2. The van der Waals surface area contributed by atoms with E-state index in [-0.39, 0.29) is 5.60 Å². The Labute approximate surface area is 116 Å². The quantitative estimate of drug-likeness (QED) is 0.837. The Bertz CT molecular complexity index is 308. The molecule has 0 bridgehead atoms. The largest absolute Gasteiger partial charge is 0.390 e. The topological polar surface area (TPSA) is 38.7 Å². The zero-order chi connectivity index (χ0) is 13.5. The molecule has 1 spiro atoms. The summed E-state index contributed by atoms with van der Waals surface area (Å²) in [6.45, 7) is 7.00. The lowest BCUT2D eigenvalue weighted by Crippen LogP contribution is -2.56. The Balaban J connectivity index is 1.62. The van der Waals surface area contributed by atoms with Gasteiger partial charge in [0.1, 0.15) is 0 Å². The third-order valence-corrected chi connectivity index (χ3v) is 5.83. The zero-order valence-corrected chi connectivity index (χ0v) is 12.4. The van der Waals surface area contributed by atoms with Gasteiger partial charge in [-0.1, -0.05) is 13.8 Å². The van der Waals surface area contributed by atoms with E-state index in [2.05, 4.69) is 13.8 Å². The molecule has 3 fully saturated rings. The van der Waals surface area contributed by atoms with Gasteiger partial charge in [0.25, 0.3) is 0 Å². The molecule has 3 rings (SSSR count). The van der Waals surface area contributed by atoms with Crippen LogP contribution in [0.1, 0.15) is 52.4 Å².